The molecule has 1 heterocycles. The third kappa shape index (κ3) is 9.03. The highest BCUT2D eigenvalue weighted by molar-refractivity contribution is 5.97. The number of rotatable bonds is 5. The molecule has 2 aliphatic carbocycles. The van der Waals surface area contributed by atoms with Crippen LogP contribution in [0, 0.1) is 6.92 Å². The predicted molar refractivity (Wildman–Crippen MR) is 289 cm³/mol. The number of nitrogens with two attached hydrogens (primary N) is 2. The number of benzene rings is 9. The summed E-state index contributed by atoms with van der Waals surface area (Å²) in [6.45, 7) is 5.57. The fourth-order valence-electron chi connectivity index (χ4n) is 10.1. The molecule has 0 fully saturated rings. The van der Waals surface area contributed by atoms with Crippen molar-refractivity contribution in [3.8, 4) is 22.3 Å². The van der Waals surface area contributed by atoms with Crippen LogP contribution in [0.25, 0.3) is 33.4 Å². The first kappa shape index (κ1) is 45.3. The maximum Gasteiger partial charge on any atom is 0.0754 e. The Hall–Kier alpha value is -7.82. The molecule has 0 unspecified atom stereocenters. The molecule has 3 heteroatoms. The molecule has 0 atom stereocenters. The van der Waals surface area contributed by atoms with E-state index in [1.807, 2.05) is 73.7 Å². The van der Waals surface area contributed by atoms with Gasteiger partial charge in [0.25, 0.3) is 0 Å². The number of aryl methyl sites for hydroxylation is 1. The lowest BCUT2D eigenvalue weighted by molar-refractivity contribution is 0.752. The van der Waals surface area contributed by atoms with Crippen molar-refractivity contribution in [3.63, 3.8) is 0 Å². The number of para-hydroxylation sites is 3. The molecular weight excluding hydrogens is 823 g/mol. The molecular formula is C65H59N3. The second-order valence-corrected chi connectivity index (χ2v) is 17.3. The number of fused-ring (bicyclic) bond motifs is 9. The molecule has 3 aliphatic rings. The highest BCUT2D eigenvalue weighted by Crippen LogP contribution is 2.64. The molecule has 0 radical (unpaired) electrons. The van der Waals surface area contributed by atoms with E-state index in [0.717, 1.165) is 19.4 Å². The Balaban J connectivity index is 0.000000288. The summed E-state index contributed by atoms with van der Waals surface area (Å²) in [4.78, 5) is 2.45. The summed E-state index contributed by atoms with van der Waals surface area (Å²) in [7, 11) is 0. The fourth-order valence-corrected chi connectivity index (χ4v) is 10.1. The monoisotopic (exact) mass is 881 g/mol. The van der Waals surface area contributed by atoms with Crippen LogP contribution < -0.4 is 16.4 Å². The molecule has 0 amide bonds. The maximum atomic E-state index is 5.35. The van der Waals surface area contributed by atoms with Gasteiger partial charge in [0.15, 0.2) is 0 Å². The van der Waals surface area contributed by atoms with Gasteiger partial charge in [-0.2, -0.15) is 0 Å². The van der Waals surface area contributed by atoms with Crippen LogP contribution in [0.5, 0.6) is 0 Å². The molecule has 3 nitrogen and oxygen atoms in total. The van der Waals surface area contributed by atoms with E-state index in [4.69, 9.17) is 11.5 Å². The average molecular weight is 882 g/mol. The smallest absolute Gasteiger partial charge is 0.0754 e. The van der Waals surface area contributed by atoms with Crippen molar-refractivity contribution in [1.29, 1.82) is 0 Å². The van der Waals surface area contributed by atoms with Crippen LogP contribution in [0.3, 0.4) is 0 Å². The number of allylic oxidation sites excluding steroid dienone is 4. The van der Waals surface area contributed by atoms with Gasteiger partial charge in [0.1, 0.15) is 0 Å². The number of hydrogen-bond donors (Lipinski definition) is 2. The van der Waals surface area contributed by atoms with Gasteiger partial charge in [0.2, 0.25) is 0 Å². The Labute approximate surface area is 403 Å². The van der Waals surface area contributed by atoms with Crippen molar-refractivity contribution in [1.82, 2.24) is 0 Å². The minimum Gasteiger partial charge on any atom is -0.331 e. The van der Waals surface area contributed by atoms with Crippen LogP contribution >= 0.6 is 0 Å². The standard InChI is InChI=1S/C50H37N.C7H9N.C6H6.C2H7N/c1-34-14-12-23-46-49(34)42-33-40(37-28-26-36(27-29-37)39-18-13-17-38(32-39)35-15-4-2-5-16-35)30-31-43(42)50(46)44-21-8-10-24-47(44)51(41-19-6-3-7-20-41)48-25-11-9-22-45(48)50;8-6-7-4-2-1-3-5-7;1-2-4-6-5-3-1;1-2-3/h2-26,28,30-33H,27,29H2,1H3;1-5H,6,8H2;1-6H;2-3H2,1H3. The third-order valence-electron chi connectivity index (χ3n) is 13.1. The minimum atomic E-state index is -0.425. The van der Waals surface area contributed by atoms with E-state index in [9.17, 15) is 0 Å². The van der Waals surface area contributed by atoms with Crippen molar-refractivity contribution < 1.29 is 0 Å². The zero-order valence-electron chi connectivity index (χ0n) is 39.1. The summed E-state index contributed by atoms with van der Waals surface area (Å²) >= 11 is 0. The molecule has 4 N–H and O–H groups in total. The first-order valence-electron chi connectivity index (χ1n) is 23.9. The van der Waals surface area contributed by atoms with E-state index in [0.29, 0.717) is 6.54 Å². The van der Waals surface area contributed by atoms with Crippen LogP contribution in [0.2, 0.25) is 0 Å². The van der Waals surface area contributed by atoms with Crippen LogP contribution in [0.15, 0.2) is 249 Å². The van der Waals surface area contributed by atoms with Crippen molar-refractivity contribution in [2.75, 3.05) is 11.4 Å². The summed E-state index contributed by atoms with van der Waals surface area (Å²) in [5.74, 6) is 0. The van der Waals surface area contributed by atoms with Gasteiger partial charge in [-0.05, 0) is 141 Å². The van der Waals surface area contributed by atoms with Crippen molar-refractivity contribution in [2.45, 2.75) is 38.6 Å². The van der Waals surface area contributed by atoms with Gasteiger partial charge < -0.3 is 16.4 Å². The lowest BCUT2D eigenvalue weighted by Gasteiger charge is -2.45. The predicted octanol–water partition coefficient (Wildman–Crippen LogP) is 15.9. The topological polar surface area (TPSA) is 55.3 Å². The minimum absolute atomic E-state index is 0.425. The Kier molecular flexibility index (Phi) is 14.1. The molecule has 334 valence electrons. The lowest BCUT2D eigenvalue weighted by Crippen LogP contribution is -2.36. The third-order valence-corrected chi connectivity index (χ3v) is 13.1. The Morgan fingerprint density at radius 1 is 0.426 bits per heavy atom. The summed E-state index contributed by atoms with van der Waals surface area (Å²) in [5.41, 5.74) is 32.0. The van der Waals surface area contributed by atoms with E-state index in [1.54, 1.807) is 0 Å². The van der Waals surface area contributed by atoms with Gasteiger partial charge in [-0.3, -0.25) is 0 Å². The molecule has 68 heavy (non-hydrogen) atoms. The van der Waals surface area contributed by atoms with Crippen LogP contribution in [-0.4, -0.2) is 6.54 Å². The highest BCUT2D eigenvalue weighted by atomic mass is 15.2. The summed E-state index contributed by atoms with van der Waals surface area (Å²) in [5, 5.41) is 0. The van der Waals surface area contributed by atoms with E-state index >= 15 is 0 Å². The zero-order valence-corrected chi connectivity index (χ0v) is 39.1. The quantitative estimate of drug-likeness (QED) is 0.181. The Bertz CT molecular complexity index is 3080. The van der Waals surface area contributed by atoms with Crippen LogP contribution in [0.1, 0.15) is 64.3 Å². The fraction of sp³-hybridized carbons (Fsp3) is 0.108. The van der Waals surface area contributed by atoms with Gasteiger partial charge >= 0.3 is 0 Å². The Morgan fingerprint density at radius 3 is 1.44 bits per heavy atom. The molecule has 9 aromatic carbocycles. The molecule has 0 saturated carbocycles. The Morgan fingerprint density at radius 2 is 0.882 bits per heavy atom. The zero-order chi connectivity index (χ0) is 46.7. The summed E-state index contributed by atoms with van der Waals surface area (Å²) < 4.78 is 0. The molecule has 0 bridgehead atoms. The SMILES string of the molecule is CCN.Cc1cccc2c1-c1cc(C3=CC=C(c4cccc(-c5ccccc5)c4)CC3)ccc1C21c2ccccc2N(c2ccccc2)c2ccccc21.NCc1ccccc1.c1ccccc1. The first-order chi connectivity index (χ1) is 33.6. The largest absolute Gasteiger partial charge is 0.331 e. The summed E-state index contributed by atoms with van der Waals surface area (Å²) in [6.07, 6.45) is 6.76. The van der Waals surface area contributed by atoms with Crippen molar-refractivity contribution >= 4 is 28.2 Å². The van der Waals surface area contributed by atoms with E-state index in [-0.39, 0.29) is 0 Å². The molecule has 1 spiro atoms. The van der Waals surface area contributed by atoms with Crippen LogP contribution in [0.4, 0.5) is 17.1 Å². The molecule has 1 aliphatic heterocycles. The molecule has 12 rings (SSSR count). The number of nitrogens with zero attached hydrogens (tertiary/aromatic N) is 1. The van der Waals surface area contributed by atoms with Crippen molar-refractivity contribution in [2.24, 2.45) is 11.5 Å². The first-order valence-corrected chi connectivity index (χ1v) is 23.9. The van der Waals surface area contributed by atoms with E-state index in [2.05, 4.69) is 194 Å². The van der Waals surface area contributed by atoms with Gasteiger partial charge in [-0.1, -0.05) is 219 Å². The molecule has 0 saturated heterocycles. The maximum absolute atomic E-state index is 5.35. The number of hydrogen-bond acceptors (Lipinski definition) is 3. The second-order valence-electron chi connectivity index (χ2n) is 17.3. The highest BCUT2D eigenvalue weighted by Gasteiger charge is 2.52. The van der Waals surface area contributed by atoms with Crippen LogP contribution in [-0.2, 0) is 12.0 Å². The van der Waals surface area contributed by atoms with Gasteiger partial charge in [0.05, 0.1) is 16.8 Å². The van der Waals surface area contributed by atoms with Gasteiger partial charge in [-0.25, -0.2) is 0 Å². The molecule has 0 aromatic heterocycles. The normalized spacial score (nSPS) is 13.3. The lowest BCUT2D eigenvalue weighted by atomic mass is 9.64. The van der Waals surface area contributed by atoms with Gasteiger partial charge in [-0.15, -0.1) is 0 Å². The summed E-state index contributed by atoms with van der Waals surface area (Å²) in [6, 6.07) is 84.8. The second kappa shape index (κ2) is 21.2. The van der Waals surface area contributed by atoms with E-state index < -0.39 is 5.41 Å². The average Bonchev–Trinajstić information content (AvgIpc) is 3.71. The van der Waals surface area contributed by atoms with Gasteiger partial charge in [0, 0.05) is 12.2 Å². The van der Waals surface area contributed by atoms with Crippen molar-refractivity contribution in [3.05, 3.63) is 293 Å². The molecule has 9 aromatic rings. The van der Waals surface area contributed by atoms with E-state index in [1.165, 1.54) is 95.0 Å². The number of anilines is 3.